The summed E-state index contributed by atoms with van der Waals surface area (Å²) in [6.07, 6.45) is 10.6. The summed E-state index contributed by atoms with van der Waals surface area (Å²) in [5, 5.41) is 0. The average Bonchev–Trinajstić information content (AvgIpc) is 2.05. The summed E-state index contributed by atoms with van der Waals surface area (Å²) in [6, 6.07) is 1.94. The van der Waals surface area contributed by atoms with Gasteiger partial charge in [-0.1, -0.05) is 5.92 Å². The Labute approximate surface area is 64.9 Å². The minimum absolute atomic E-state index is 0.840. The monoisotopic (exact) mass is 149 g/mol. The predicted octanol–water partition coefficient (Wildman–Crippen LogP) is 1.78. The summed E-state index contributed by atoms with van der Waals surface area (Å²) in [4.78, 5) is 5.07. The van der Waals surface area contributed by atoms with Crippen LogP contribution in [0.25, 0.3) is 0 Å². The van der Waals surface area contributed by atoms with Crippen molar-refractivity contribution in [2.75, 3.05) is 6.26 Å². The molecule has 0 fully saturated rings. The lowest BCUT2D eigenvalue weighted by molar-refractivity contribution is 1.23. The van der Waals surface area contributed by atoms with Crippen molar-refractivity contribution in [3.63, 3.8) is 0 Å². The van der Waals surface area contributed by atoms with E-state index in [4.69, 9.17) is 6.42 Å². The van der Waals surface area contributed by atoms with Crippen molar-refractivity contribution in [1.29, 1.82) is 0 Å². The highest BCUT2D eigenvalue weighted by molar-refractivity contribution is 7.98. The molecule has 0 radical (unpaired) electrons. The minimum Gasteiger partial charge on any atom is -0.262 e. The minimum atomic E-state index is 0.840. The van der Waals surface area contributed by atoms with Gasteiger partial charge in [0.15, 0.2) is 0 Å². The van der Waals surface area contributed by atoms with Crippen LogP contribution < -0.4 is 0 Å². The van der Waals surface area contributed by atoms with E-state index < -0.39 is 0 Å². The van der Waals surface area contributed by atoms with Gasteiger partial charge < -0.3 is 0 Å². The second kappa shape index (κ2) is 3.28. The first-order valence-corrected chi connectivity index (χ1v) is 4.05. The number of aromatic nitrogens is 1. The lowest BCUT2D eigenvalue weighted by Gasteiger charge is -1.93. The molecule has 0 aromatic carbocycles. The van der Waals surface area contributed by atoms with Crippen LogP contribution in [0.5, 0.6) is 0 Å². The second-order valence-corrected chi connectivity index (χ2v) is 2.64. The molecule has 0 unspecified atom stereocenters. The van der Waals surface area contributed by atoms with Crippen LogP contribution in [0, 0.1) is 12.3 Å². The van der Waals surface area contributed by atoms with Crippen molar-refractivity contribution in [3.8, 4) is 12.3 Å². The third kappa shape index (κ3) is 1.52. The fourth-order valence-electron chi connectivity index (χ4n) is 0.609. The topological polar surface area (TPSA) is 12.9 Å². The summed E-state index contributed by atoms with van der Waals surface area (Å²) < 4.78 is 0. The Morgan fingerprint density at radius 2 is 2.40 bits per heavy atom. The smallest absolute Gasteiger partial charge is 0.0437 e. The Hall–Kier alpha value is -0.940. The van der Waals surface area contributed by atoms with Crippen LogP contribution >= 0.6 is 11.8 Å². The summed E-state index contributed by atoms with van der Waals surface area (Å²) in [5.41, 5.74) is 0.840. The molecule has 0 aliphatic carbocycles. The van der Waals surface area contributed by atoms with Crippen molar-refractivity contribution in [2.24, 2.45) is 0 Å². The highest BCUT2D eigenvalue weighted by atomic mass is 32.2. The number of hydrogen-bond donors (Lipinski definition) is 0. The molecule has 0 amide bonds. The summed E-state index contributed by atoms with van der Waals surface area (Å²) in [6.45, 7) is 0. The number of hydrogen-bond acceptors (Lipinski definition) is 2. The largest absolute Gasteiger partial charge is 0.262 e. The molecule has 0 aliphatic rings. The van der Waals surface area contributed by atoms with E-state index in [1.807, 2.05) is 12.3 Å². The number of pyridine rings is 1. The third-order valence-electron chi connectivity index (χ3n) is 1.12. The Morgan fingerprint density at radius 1 is 1.60 bits per heavy atom. The SMILES string of the molecule is C#Cc1cncc(SC)c1. The zero-order valence-electron chi connectivity index (χ0n) is 5.66. The maximum absolute atomic E-state index is 5.17. The Morgan fingerprint density at radius 3 is 3.00 bits per heavy atom. The molecule has 1 nitrogen and oxygen atoms in total. The number of rotatable bonds is 1. The molecule has 50 valence electrons. The number of nitrogens with zero attached hydrogens (tertiary/aromatic N) is 1. The van der Waals surface area contributed by atoms with Crippen LogP contribution in [0.4, 0.5) is 0 Å². The lowest BCUT2D eigenvalue weighted by atomic mass is 10.3. The number of thioether (sulfide) groups is 1. The molecule has 0 saturated heterocycles. The van der Waals surface area contributed by atoms with Crippen LogP contribution in [0.1, 0.15) is 5.56 Å². The highest BCUT2D eigenvalue weighted by Gasteiger charge is 1.89. The molecule has 0 atom stereocenters. The van der Waals surface area contributed by atoms with Crippen molar-refractivity contribution in [1.82, 2.24) is 4.98 Å². The molecule has 0 bridgehead atoms. The fourth-order valence-corrected chi connectivity index (χ4v) is 1.02. The van der Waals surface area contributed by atoms with Gasteiger partial charge in [-0.05, 0) is 12.3 Å². The van der Waals surface area contributed by atoms with Crippen molar-refractivity contribution >= 4 is 11.8 Å². The molecule has 0 aliphatic heterocycles. The molecule has 1 heterocycles. The van der Waals surface area contributed by atoms with Crippen LogP contribution in [-0.4, -0.2) is 11.2 Å². The Balaban J connectivity index is 3.01. The van der Waals surface area contributed by atoms with Crippen LogP contribution in [0.15, 0.2) is 23.4 Å². The van der Waals surface area contributed by atoms with Crippen molar-refractivity contribution in [2.45, 2.75) is 4.90 Å². The van der Waals surface area contributed by atoms with Gasteiger partial charge >= 0.3 is 0 Å². The van der Waals surface area contributed by atoms with Gasteiger partial charge in [-0.3, -0.25) is 4.98 Å². The molecule has 0 N–H and O–H groups in total. The maximum Gasteiger partial charge on any atom is 0.0437 e. The van der Waals surface area contributed by atoms with Gasteiger partial charge in [0.2, 0.25) is 0 Å². The Bertz CT molecular complexity index is 262. The van der Waals surface area contributed by atoms with Gasteiger partial charge in [-0.2, -0.15) is 0 Å². The molecular weight excluding hydrogens is 142 g/mol. The molecule has 0 spiro atoms. The lowest BCUT2D eigenvalue weighted by Crippen LogP contribution is -1.78. The van der Waals surface area contributed by atoms with E-state index in [2.05, 4.69) is 10.9 Å². The van der Waals surface area contributed by atoms with Gasteiger partial charge in [-0.25, -0.2) is 0 Å². The van der Waals surface area contributed by atoms with Crippen LogP contribution in [0.2, 0.25) is 0 Å². The first kappa shape index (κ1) is 7.17. The van der Waals surface area contributed by atoms with E-state index in [1.165, 1.54) is 0 Å². The third-order valence-corrected chi connectivity index (χ3v) is 1.81. The van der Waals surface area contributed by atoms with E-state index in [0.717, 1.165) is 10.5 Å². The zero-order chi connectivity index (χ0) is 7.40. The molecule has 10 heavy (non-hydrogen) atoms. The molecule has 1 aromatic rings. The van der Waals surface area contributed by atoms with Gasteiger partial charge in [-0.15, -0.1) is 18.2 Å². The Kier molecular flexibility index (Phi) is 2.35. The predicted molar refractivity (Wildman–Crippen MR) is 44.0 cm³/mol. The summed E-state index contributed by atoms with van der Waals surface area (Å²) in [5.74, 6) is 2.53. The van der Waals surface area contributed by atoms with Gasteiger partial charge in [0, 0.05) is 22.9 Å². The van der Waals surface area contributed by atoms with Crippen LogP contribution in [0.3, 0.4) is 0 Å². The fraction of sp³-hybridized carbons (Fsp3) is 0.125. The van der Waals surface area contributed by atoms with Crippen molar-refractivity contribution < 1.29 is 0 Å². The quantitative estimate of drug-likeness (QED) is 0.446. The van der Waals surface area contributed by atoms with E-state index >= 15 is 0 Å². The standard InChI is InChI=1S/C8H7NS/c1-3-7-4-8(10-2)6-9-5-7/h1,4-6H,2H3. The molecule has 0 saturated carbocycles. The average molecular weight is 149 g/mol. The van der Waals surface area contributed by atoms with E-state index in [1.54, 1.807) is 24.2 Å². The number of terminal acetylenes is 1. The first-order valence-electron chi connectivity index (χ1n) is 2.82. The molecule has 1 aromatic heterocycles. The van der Waals surface area contributed by atoms with E-state index in [9.17, 15) is 0 Å². The van der Waals surface area contributed by atoms with Gasteiger partial charge in [0.05, 0.1) is 0 Å². The van der Waals surface area contributed by atoms with E-state index in [-0.39, 0.29) is 0 Å². The van der Waals surface area contributed by atoms with Gasteiger partial charge in [0.25, 0.3) is 0 Å². The molecule has 2 heteroatoms. The molecule has 1 rings (SSSR count). The van der Waals surface area contributed by atoms with Crippen LogP contribution in [-0.2, 0) is 0 Å². The highest BCUT2D eigenvalue weighted by Crippen LogP contribution is 2.12. The summed E-state index contributed by atoms with van der Waals surface area (Å²) >= 11 is 1.64. The summed E-state index contributed by atoms with van der Waals surface area (Å²) in [7, 11) is 0. The van der Waals surface area contributed by atoms with Gasteiger partial charge in [0.1, 0.15) is 0 Å². The molecular formula is C8H7NS. The van der Waals surface area contributed by atoms with Crippen molar-refractivity contribution in [3.05, 3.63) is 24.0 Å². The first-order chi connectivity index (χ1) is 4.86. The maximum atomic E-state index is 5.17. The normalized spacial score (nSPS) is 8.80. The van der Waals surface area contributed by atoms with E-state index in [0.29, 0.717) is 0 Å². The second-order valence-electron chi connectivity index (χ2n) is 1.76. The zero-order valence-corrected chi connectivity index (χ0v) is 6.48.